The molecular weight excluding hydrogens is 282 g/mol. The minimum atomic E-state index is -0.510. The van der Waals surface area contributed by atoms with Gasteiger partial charge in [0.1, 0.15) is 11.4 Å². The van der Waals surface area contributed by atoms with E-state index in [1.807, 2.05) is 20.8 Å². The second-order valence-electron chi connectivity index (χ2n) is 6.16. The molecule has 0 aliphatic heterocycles. The van der Waals surface area contributed by atoms with Crippen molar-refractivity contribution >= 4 is 11.9 Å². The van der Waals surface area contributed by atoms with Crippen LogP contribution in [-0.4, -0.2) is 43.1 Å². The van der Waals surface area contributed by atoms with Crippen LogP contribution in [0.1, 0.15) is 44.0 Å². The first-order valence-electron chi connectivity index (χ1n) is 7.34. The van der Waals surface area contributed by atoms with Gasteiger partial charge in [-0.2, -0.15) is 0 Å². The summed E-state index contributed by atoms with van der Waals surface area (Å²) in [5.41, 5.74) is 0.144. The highest BCUT2D eigenvalue weighted by Crippen LogP contribution is 2.14. The molecule has 0 saturated heterocycles. The van der Waals surface area contributed by atoms with Gasteiger partial charge in [-0.3, -0.25) is 4.79 Å². The molecule has 1 aromatic rings. The van der Waals surface area contributed by atoms with E-state index < -0.39 is 5.60 Å². The monoisotopic (exact) mass is 307 g/mol. The molecule has 0 radical (unpaired) electrons. The zero-order chi connectivity index (χ0) is 16.8. The molecule has 0 saturated carbocycles. The molecule has 0 aliphatic rings. The summed E-state index contributed by atoms with van der Waals surface area (Å²) in [5.74, 6) is 0.779. The third kappa shape index (κ3) is 6.16. The van der Waals surface area contributed by atoms with Gasteiger partial charge in [0.15, 0.2) is 5.78 Å². The van der Waals surface area contributed by atoms with E-state index in [9.17, 15) is 9.59 Å². The number of Topliss-reactive ketones (excluding diaryl/α,β-unsaturated/α-hetero) is 1. The molecule has 5 nitrogen and oxygen atoms in total. The highest BCUT2D eigenvalue weighted by Gasteiger charge is 2.19. The molecule has 0 unspecified atom stereocenters. The van der Waals surface area contributed by atoms with Gasteiger partial charge in [0, 0.05) is 25.6 Å². The number of methoxy groups -OCH3 is 1. The average molecular weight is 307 g/mol. The fraction of sp³-hybridized carbons (Fsp3) is 0.529. The number of hydrogen-bond acceptors (Lipinski definition) is 4. The van der Waals surface area contributed by atoms with Gasteiger partial charge in [-0.25, -0.2) is 4.79 Å². The smallest absolute Gasteiger partial charge is 0.410 e. The summed E-state index contributed by atoms with van der Waals surface area (Å²) >= 11 is 0. The standard InChI is InChI=1S/C17H25NO4/c1-17(2,3)22-16(20)18(4)12-6-7-15(19)13-8-10-14(21-5)11-9-13/h8-11H,6-7,12H2,1-5H3. The Morgan fingerprint density at radius 2 is 1.73 bits per heavy atom. The van der Waals surface area contributed by atoms with Gasteiger partial charge in [-0.05, 0) is 51.5 Å². The van der Waals surface area contributed by atoms with E-state index >= 15 is 0 Å². The molecule has 5 heteroatoms. The first kappa shape index (κ1) is 18.0. The van der Waals surface area contributed by atoms with Crippen LogP contribution in [0.2, 0.25) is 0 Å². The Hall–Kier alpha value is -2.04. The Balaban J connectivity index is 2.39. The van der Waals surface area contributed by atoms with Crippen LogP contribution in [-0.2, 0) is 4.74 Å². The maximum absolute atomic E-state index is 12.0. The maximum Gasteiger partial charge on any atom is 0.410 e. The summed E-state index contributed by atoms with van der Waals surface area (Å²) in [6.45, 7) is 5.96. The maximum atomic E-state index is 12.0. The van der Waals surface area contributed by atoms with Crippen LogP contribution in [0, 0.1) is 0 Å². The Bertz CT molecular complexity index is 502. The number of rotatable bonds is 6. The predicted molar refractivity (Wildman–Crippen MR) is 85.4 cm³/mol. The molecule has 1 rings (SSSR count). The fourth-order valence-electron chi connectivity index (χ4n) is 1.83. The van der Waals surface area contributed by atoms with Crippen molar-refractivity contribution < 1.29 is 19.1 Å². The third-order valence-electron chi connectivity index (χ3n) is 3.01. The number of carbonyl (C=O) groups excluding carboxylic acids is 2. The third-order valence-corrected chi connectivity index (χ3v) is 3.01. The highest BCUT2D eigenvalue weighted by molar-refractivity contribution is 5.96. The van der Waals surface area contributed by atoms with Gasteiger partial charge >= 0.3 is 6.09 Å². The van der Waals surface area contributed by atoms with Crippen molar-refractivity contribution in [3.63, 3.8) is 0 Å². The van der Waals surface area contributed by atoms with Gasteiger partial charge in [0.25, 0.3) is 0 Å². The fourth-order valence-corrected chi connectivity index (χ4v) is 1.83. The van der Waals surface area contributed by atoms with Gasteiger partial charge in [-0.1, -0.05) is 0 Å². The van der Waals surface area contributed by atoms with Crippen molar-refractivity contribution in [3.8, 4) is 5.75 Å². The van der Waals surface area contributed by atoms with Crippen LogP contribution in [0.25, 0.3) is 0 Å². The van der Waals surface area contributed by atoms with Crippen molar-refractivity contribution in [2.45, 2.75) is 39.2 Å². The summed E-state index contributed by atoms with van der Waals surface area (Å²) in [6, 6.07) is 7.03. The van der Waals surface area contributed by atoms with Crippen molar-refractivity contribution in [1.82, 2.24) is 4.90 Å². The van der Waals surface area contributed by atoms with E-state index in [-0.39, 0.29) is 11.9 Å². The zero-order valence-corrected chi connectivity index (χ0v) is 14.0. The molecule has 1 amide bonds. The molecule has 122 valence electrons. The Kier molecular flexibility index (Phi) is 6.40. The van der Waals surface area contributed by atoms with Gasteiger partial charge in [0.05, 0.1) is 7.11 Å². The van der Waals surface area contributed by atoms with Crippen LogP contribution < -0.4 is 4.74 Å². The minimum absolute atomic E-state index is 0.0558. The molecule has 0 bridgehead atoms. The molecular formula is C17H25NO4. The molecule has 0 aromatic heterocycles. The van der Waals surface area contributed by atoms with E-state index in [0.717, 1.165) is 5.75 Å². The second kappa shape index (κ2) is 7.82. The molecule has 0 heterocycles. The lowest BCUT2D eigenvalue weighted by molar-refractivity contribution is 0.0295. The van der Waals surface area contributed by atoms with Crippen LogP contribution in [0.3, 0.4) is 0 Å². The van der Waals surface area contributed by atoms with E-state index in [1.54, 1.807) is 38.4 Å². The van der Waals surface area contributed by atoms with Crippen molar-refractivity contribution in [3.05, 3.63) is 29.8 Å². The Morgan fingerprint density at radius 3 is 2.23 bits per heavy atom. The van der Waals surface area contributed by atoms with Crippen LogP contribution >= 0.6 is 0 Å². The van der Waals surface area contributed by atoms with E-state index in [4.69, 9.17) is 9.47 Å². The summed E-state index contributed by atoms with van der Waals surface area (Å²) in [4.78, 5) is 25.3. The quantitative estimate of drug-likeness (QED) is 0.754. The lowest BCUT2D eigenvalue weighted by atomic mass is 10.1. The first-order chi connectivity index (χ1) is 10.2. The number of ether oxygens (including phenoxy) is 2. The summed E-state index contributed by atoms with van der Waals surface area (Å²) in [5, 5.41) is 0. The molecule has 22 heavy (non-hydrogen) atoms. The molecule has 0 N–H and O–H groups in total. The molecule has 0 fully saturated rings. The van der Waals surface area contributed by atoms with Crippen LogP contribution in [0.15, 0.2) is 24.3 Å². The van der Waals surface area contributed by atoms with Gasteiger partial charge in [-0.15, -0.1) is 0 Å². The van der Waals surface area contributed by atoms with Crippen molar-refractivity contribution in [2.24, 2.45) is 0 Å². The zero-order valence-electron chi connectivity index (χ0n) is 14.0. The second-order valence-corrected chi connectivity index (χ2v) is 6.16. The minimum Gasteiger partial charge on any atom is -0.497 e. The number of carbonyl (C=O) groups is 2. The normalized spacial score (nSPS) is 11.0. The van der Waals surface area contributed by atoms with E-state index in [1.165, 1.54) is 4.90 Å². The first-order valence-corrected chi connectivity index (χ1v) is 7.34. The van der Waals surface area contributed by atoms with E-state index in [0.29, 0.717) is 24.9 Å². The Morgan fingerprint density at radius 1 is 1.14 bits per heavy atom. The van der Waals surface area contributed by atoms with E-state index in [2.05, 4.69) is 0 Å². The van der Waals surface area contributed by atoms with Crippen LogP contribution in [0.4, 0.5) is 4.79 Å². The number of nitrogens with zero attached hydrogens (tertiary/aromatic N) is 1. The lowest BCUT2D eigenvalue weighted by Gasteiger charge is -2.24. The Labute approximate surface area is 132 Å². The van der Waals surface area contributed by atoms with Gasteiger partial charge in [0.2, 0.25) is 0 Å². The molecule has 0 spiro atoms. The number of amides is 1. The molecule has 1 aromatic carbocycles. The largest absolute Gasteiger partial charge is 0.497 e. The highest BCUT2D eigenvalue weighted by atomic mass is 16.6. The summed E-state index contributed by atoms with van der Waals surface area (Å²) in [7, 11) is 3.26. The SMILES string of the molecule is COc1ccc(C(=O)CCCN(C)C(=O)OC(C)(C)C)cc1. The van der Waals surface area contributed by atoms with Crippen molar-refractivity contribution in [2.75, 3.05) is 20.7 Å². The average Bonchev–Trinajstić information content (AvgIpc) is 2.45. The summed E-state index contributed by atoms with van der Waals surface area (Å²) in [6.07, 6.45) is 0.615. The lowest BCUT2D eigenvalue weighted by Crippen LogP contribution is -2.34. The topological polar surface area (TPSA) is 55.8 Å². The van der Waals surface area contributed by atoms with Gasteiger partial charge < -0.3 is 14.4 Å². The number of benzene rings is 1. The summed E-state index contributed by atoms with van der Waals surface area (Å²) < 4.78 is 10.3. The predicted octanol–water partition coefficient (Wildman–Crippen LogP) is 3.53. The van der Waals surface area contributed by atoms with Crippen LogP contribution in [0.5, 0.6) is 5.75 Å². The number of ketones is 1. The molecule has 0 atom stereocenters. The van der Waals surface area contributed by atoms with Crippen molar-refractivity contribution in [1.29, 1.82) is 0 Å². The number of hydrogen-bond donors (Lipinski definition) is 0. The molecule has 0 aliphatic carbocycles.